The monoisotopic (exact) mass is 472 g/mol. The van der Waals surface area contributed by atoms with Crippen LogP contribution in [0.3, 0.4) is 0 Å². The number of benzene rings is 1. The average Bonchev–Trinajstić information content (AvgIpc) is 3.12. The third kappa shape index (κ3) is 6.65. The van der Waals surface area contributed by atoms with Gasteiger partial charge < -0.3 is 14.8 Å². The van der Waals surface area contributed by atoms with E-state index >= 15 is 0 Å². The normalized spacial score (nSPS) is 14.6. The van der Waals surface area contributed by atoms with Crippen molar-refractivity contribution in [2.75, 3.05) is 38.2 Å². The van der Waals surface area contributed by atoms with E-state index in [0.717, 1.165) is 43.7 Å². The highest BCUT2D eigenvalue weighted by Gasteiger charge is 2.28. The van der Waals surface area contributed by atoms with Crippen LogP contribution in [0.15, 0.2) is 30.3 Å². The molecular weight excluding hydrogens is 440 g/mol. The Morgan fingerprint density at radius 2 is 1.67 bits per heavy atom. The number of anilines is 1. The van der Waals surface area contributed by atoms with Crippen molar-refractivity contribution in [3.63, 3.8) is 0 Å². The van der Waals surface area contributed by atoms with Gasteiger partial charge in [0, 0.05) is 0 Å². The van der Waals surface area contributed by atoms with Crippen LogP contribution < -0.4 is 5.32 Å². The van der Waals surface area contributed by atoms with Crippen LogP contribution in [0.1, 0.15) is 57.8 Å². The van der Waals surface area contributed by atoms with E-state index in [4.69, 9.17) is 9.47 Å². The molecule has 178 valence electrons. The van der Waals surface area contributed by atoms with Crippen molar-refractivity contribution in [1.82, 2.24) is 4.90 Å². The van der Waals surface area contributed by atoms with Crippen molar-refractivity contribution in [3.8, 4) is 0 Å². The molecule has 1 aromatic carbocycles. The van der Waals surface area contributed by atoms with E-state index in [1.165, 1.54) is 5.56 Å². The topological polar surface area (TPSA) is 84.9 Å². The van der Waals surface area contributed by atoms with Crippen molar-refractivity contribution < 1.29 is 23.9 Å². The summed E-state index contributed by atoms with van der Waals surface area (Å²) in [6, 6.07) is 10.5. The largest absolute Gasteiger partial charge is 0.462 e. The first-order valence-electron chi connectivity index (χ1n) is 11.5. The molecule has 1 aliphatic rings. The summed E-state index contributed by atoms with van der Waals surface area (Å²) in [4.78, 5) is 40.0. The Morgan fingerprint density at radius 3 is 2.30 bits per heavy atom. The van der Waals surface area contributed by atoms with E-state index in [2.05, 4.69) is 34.5 Å². The van der Waals surface area contributed by atoms with Crippen LogP contribution in [0.2, 0.25) is 0 Å². The quantitative estimate of drug-likeness (QED) is 0.548. The van der Waals surface area contributed by atoms with Gasteiger partial charge in [0.15, 0.2) is 0 Å². The molecular formula is C25H32N2O5S. The third-order valence-corrected chi connectivity index (χ3v) is 6.97. The molecule has 0 saturated carbocycles. The maximum Gasteiger partial charge on any atom is 0.348 e. The molecule has 0 aliphatic carbocycles. The zero-order valence-electron chi connectivity index (χ0n) is 19.5. The van der Waals surface area contributed by atoms with E-state index in [-0.39, 0.29) is 31.2 Å². The predicted molar refractivity (Wildman–Crippen MR) is 129 cm³/mol. The Labute approximate surface area is 199 Å². The summed E-state index contributed by atoms with van der Waals surface area (Å²) in [7, 11) is 0. The molecule has 0 radical (unpaired) electrons. The minimum absolute atomic E-state index is 0.203. The van der Waals surface area contributed by atoms with Gasteiger partial charge in [-0.15, -0.1) is 11.3 Å². The second-order valence-corrected chi connectivity index (χ2v) is 9.18. The smallest absolute Gasteiger partial charge is 0.348 e. The minimum Gasteiger partial charge on any atom is -0.462 e. The number of piperidine rings is 1. The lowest BCUT2D eigenvalue weighted by molar-refractivity contribution is -0.117. The Balaban J connectivity index is 1.61. The predicted octanol–water partition coefficient (Wildman–Crippen LogP) is 4.30. The lowest BCUT2D eigenvalue weighted by Gasteiger charge is -2.31. The molecule has 1 aliphatic heterocycles. The average molecular weight is 473 g/mol. The fourth-order valence-corrected chi connectivity index (χ4v) is 5.21. The van der Waals surface area contributed by atoms with Crippen LogP contribution in [0, 0.1) is 12.8 Å². The molecule has 1 fully saturated rings. The molecule has 8 heteroatoms. The molecule has 1 amide bonds. The number of likely N-dealkylation sites (tertiary alicyclic amines) is 1. The van der Waals surface area contributed by atoms with Crippen LogP contribution in [0.4, 0.5) is 5.00 Å². The first-order valence-corrected chi connectivity index (χ1v) is 12.3. The molecule has 1 aromatic heterocycles. The molecule has 33 heavy (non-hydrogen) atoms. The van der Waals surface area contributed by atoms with E-state index in [0.29, 0.717) is 21.4 Å². The van der Waals surface area contributed by atoms with Gasteiger partial charge in [-0.05, 0) is 70.2 Å². The number of ether oxygens (including phenoxy) is 2. The Morgan fingerprint density at radius 1 is 1.03 bits per heavy atom. The van der Waals surface area contributed by atoms with Crippen LogP contribution in [0.5, 0.6) is 0 Å². The number of carbonyl (C=O) groups is 3. The number of nitrogens with one attached hydrogen (secondary N) is 1. The van der Waals surface area contributed by atoms with Crippen LogP contribution >= 0.6 is 11.3 Å². The number of rotatable bonds is 9. The van der Waals surface area contributed by atoms with Gasteiger partial charge in [-0.25, -0.2) is 9.59 Å². The van der Waals surface area contributed by atoms with Gasteiger partial charge in [-0.1, -0.05) is 30.3 Å². The van der Waals surface area contributed by atoms with Crippen molar-refractivity contribution in [2.24, 2.45) is 5.92 Å². The molecule has 2 aromatic rings. The summed E-state index contributed by atoms with van der Waals surface area (Å²) >= 11 is 1.05. The minimum atomic E-state index is -0.557. The van der Waals surface area contributed by atoms with Crippen molar-refractivity contribution in [3.05, 3.63) is 51.9 Å². The SMILES string of the molecule is CCOC(=O)c1sc(NC(=O)CN2CCC(Cc3ccccc3)CC2)c(C(=O)OCC)c1C. The van der Waals surface area contributed by atoms with Gasteiger partial charge in [0.05, 0.1) is 25.3 Å². The highest BCUT2D eigenvalue weighted by atomic mass is 32.1. The number of esters is 2. The molecule has 3 rings (SSSR count). The summed E-state index contributed by atoms with van der Waals surface area (Å²) in [5.74, 6) is -0.654. The fraction of sp³-hybridized carbons (Fsp3) is 0.480. The van der Waals surface area contributed by atoms with Gasteiger partial charge in [-0.2, -0.15) is 0 Å². The van der Waals surface area contributed by atoms with Gasteiger partial charge in [0.1, 0.15) is 9.88 Å². The summed E-state index contributed by atoms with van der Waals surface area (Å²) in [6.07, 6.45) is 3.15. The summed E-state index contributed by atoms with van der Waals surface area (Å²) in [6.45, 7) is 7.49. The zero-order chi connectivity index (χ0) is 23.8. The van der Waals surface area contributed by atoms with Crippen LogP contribution in [-0.2, 0) is 20.7 Å². The lowest BCUT2D eigenvalue weighted by Crippen LogP contribution is -2.39. The lowest BCUT2D eigenvalue weighted by atomic mass is 9.90. The summed E-state index contributed by atoms with van der Waals surface area (Å²) in [5, 5.41) is 3.17. The number of hydrogen-bond donors (Lipinski definition) is 1. The maximum atomic E-state index is 12.8. The van der Waals surface area contributed by atoms with E-state index < -0.39 is 11.9 Å². The number of hydrogen-bond acceptors (Lipinski definition) is 7. The van der Waals surface area contributed by atoms with Gasteiger partial charge in [0.25, 0.3) is 0 Å². The van der Waals surface area contributed by atoms with Gasteiger partial charge >= 0.3 is 11.9 Å². The van der Waals surface area contributed by atoms with Crippen molar-refractivity contribution in [1.29, 1.82) is 0 Å². The molecule has 7 nitrogen and oxygen atoms in total. The number of carbonyl (C=O) groups excluding carboxylic acids is 3. The van der Waals surface area contributed by atoms with Crippen molar-refractivity contribution >= 4 is 34.2 Å². The molecule has 0 atom stereocenters. The van der Waals surface area contributed by atoms with E-state index in [1.54, 1.807) is 20.8 Å². The maximum absolute atomic E-state index is 12.8. The summed E-state index contributed by atoms with van der Waals surface area (Å²) in [5.41, 5.74) is 2.04. The number of thiophene rings is 1. The molecule has 0 unspecified atom stereocenters. The zero-order valence-corrected chi connectivity index (χ0v) is 20.3. The number of amides is 1. The van der Waals surface area contributed by atoms with Crippen LogP contribution in [-0.4, -0.2) is 55.6 Å². The first kappa shape index (κ1) is 24.9. The Hall–Kier alpha value is -2.71. The Bertz CT molecular complexity index is 965. The standard InChI is InChI=1S/C25H32N2O5S/c1-4-31-24(29)21-17(3)22(25(30)32-5-2)33-23(21)26-20(28)16-27-13-11-19(12-14-27)15-18-9-7-6-8-10-18/h6-10,19H,4-5,11-16H2,1-3H3,(H,26,28). The van der Waals surface area contributed by atoms with Gasteiger partial charge in [0.2, 0.25) is 5.91 Å². The number of nitrogens with zero attached hydrogens (tertiary/aromatic N) is 1. The summed E-state index contributed by atoms with van der Waals surface area (Å²) < 4.78 is 10.2. The highest BCUT2D eigenvalue weighted by Crippen LogP contribution is 2.34. The van der Waals surface area contributed by atoms with Gasteiger partial charge in [-0.3, -0.25) is 9.69 Å². The molecule has 2 heterocycles. The molecule has 0 spiro atoms. The molecule has 1 saturated heterocycles. The Kier molecular flexibility index (Phi) is 9.03. The fourth-order valence-electron chi connectivity index (χ4n) is 4.11. The highest BCUT2D eigenvalue weighted by molar-refractivity contribution is 7.18. The van der Waals surface area contributed by atoms with E-state index in [1.807, 2.05) is 6.07 Å². The second kappa shape index (κ2) is 12.0. The molecule has 1 N–H and O–H groups in total. The van der Waals surface area contributed by atoms with E-state index in [9.17, 15) is 14.4 Å². The second-order valence-electron chi connectivity index (χ2n) is 8.16. The van der Waals surface area contributed by atoms with Crippen molar-refractivity contribution in [2.45, 2.75) is 40.0 Å². The molecule has 0 bridgehead atoms. The third-order valence-electron chi connectivity index (χ3n) is 5.78. The van der Waals surface area contributed by atoms with Crippen LogP contribution in [0.25, 0.3) is 0 Å². The first-order chi connectivity index (χ1) is 15.9.